The number of aliphatic hydroxyl groups excluding tert-OH is 1. The molecule has 1 fully saturated rings. The van der Waals surface area contributed by atoms with Gasteiger partial charge in [0.1, 0.15) is 12.2 Å². The molecule has 4 rings (SSSR count). The minimum atomic E-state index is -3.15. The number of carbonyl (C=O) groups excluding carboxylic acids is 3. The van der Waals surface area contributed by atoms with Crippen molar-refractivity contribution in [3.05, 3.63) is 108 Å². The van der Waals surface area contributed by atoms with Gasteiger partial charge in [-0.1, -0.05) is 91.0 Å². The number of Topliss-reactive ketones (excluding diaryl/α,β-unsaturated/α-hetero) is 3. The Morgan fingerprint density at radius 3 is 1.64 bits per heavy atom. The van der Waals surface area contributed by atoms with Crippen molar-refractivity contribution in [2.75, 3.05) is 0 Å². The maximum Gasteiger partial charge on any atom is 0.214 e. The third-order valence-electron chi connectivity index (χ3n) is 6.17. The minimum Gasteiger partial charge on any atom is -0.382 e. The third kappa shape index (κ3) is 4.04. The molecular formula is C27H21NO7S. The molecule has 5 atom stereocenters. The predicted octanol–water partition coefficient (Wildman–Crippen LogP) is 2.29. The van der Waals surface area contributed by atoms with Crippen molar-refractivity contribution in [2.24, 2.45) is 4.99 Å². The Bertz CT molecular complexity index is 1330. The van der Waals surface area contributed by atoms with Gasteiger partial charge in [0, 0.05) is 16.7 Å². The smallest absolute Gasteiger partial charge is 0.214 e. The first kappa shape index (κ1) is 25.4. The highest BCUT2D eigenvalue weighted by molar-refractivity contribution is 7.78. The monoisotopic (exact) mass is 503 g/mol. The Hall–Kier alpha value is -3.69. The molecule has 1 heterocycles. The number of hydrogen-bond acceptors (Lipinski definition) is 9. The molecule has 0 aromatic heterocycles. The fraction of sp³-hybridized carbons (Fsp3) is 0.185. The summed E-state index contributed by atoms with van der Waals surface area (Å²) >= 11 is 4.65. The molecule has 0 saturated carbocycles. The van der Waals surface area contributed by atoms with E-state index in [1.54, 1.807) is 30.3 Å². The number of hydrogen-bond donors (Lipinski definition) is 3. The standard InChI is InChI=1S/C27H21NO7S/c29-20(17-10-4-1-5-11-17)21(30)24-26(33,22(31)18-12-6-2-7-13-18)27(34,25(35-24)28-16-36)23(32)19-14-8-3-9-15-19/h1-15,21,24-25,30,33-34H/t21?,24-,25-,26-,27+/m1/s1. The van der Waals surface area contributed by atoms with E-state index >= 15 is 0 Å². The predicted molar refractivity (Wildman–Crippen MR) is 132 cm³/mol. The Labute approximate surface area is 211 Å². The Balaban J connectivity index is 1.92. The number of isothiocyanates is 1. The third-order valence-corrected chi connectivity index (χ3v) is 6.28. The van der Waals surface area contributed by atoms with Crippen LogP contribution < -0.4 is 0 Å². The summed E-state index contributed by atoms with van der Waals surface area (Å²) in [6.45, 7) is 0. The second-order valence-corrected chi connectivity index (χ2v) is 8.41. The van der Waals surface area contributed by atoms with Crippen LogP contribution in [0, 0.1) is 0 Å². The average Bonchev–Trinajstić information content (AvgIpc) is 3.16. The van der Waals surface area contributed by atoms with Gasteiger partial charge in [0.15, 0.2) is 17.6 Å². The van der Waals surface area contributed by atoms with Crippen LogP contribution in [0.4, 0.5) is 0 Å². The molecule has 36 heavy (non-hydrogen) atoms. The van der Waals surface area contributed by atoms with E-state index in [0.717, 1.165) is 0 Å². The van der Waals surface area contributed by atoms with Gasteiger partial charge in [-0.25, -0.2) is 0 Å². The fourth-order valence-corrected chi connectivity index (χ4v) is 4.43. The van der Waals surface area contributed by atoms with E-state index in [1.807, 2.05) is 5.16 Å². The summed E-state index contributed by atoms with van der Waals surface area (Å²) in [4.78, 5) is 44.3. The maximum absolute atomic E-state index is 13.8. The van der Waals surface area contributed by atoms with E-state index in [9.17, 15) is 29.7 Å². The van der Waals surface area contributed by atoms with Crippen LogP contribution in [0.25, 0.3) is 0 Å². The SMILES string of the molecule is O=C(c1ccccc1)C(O)[C@H]1O[C@@H](N=C=S)[C@@](O)(C(=O)c2ccccc2)[C@@]1(O)C(=O)c1ccccc1. The summed E-state index contributed by atoms with van der Waals surface area (Å²) in [7, 11) is 0. The Kier molecular flexibility index (Phi) is 7.14. The molecular weight excluding hydrogens is 482 g/mol. The zero-order valence-electron chi connectivity index (χ0n) is 18.7. The molecule has 3 aromatic rings. The number of ketones is 3. The van der Waals surface area contributed by atoms with Crippen LogP contribution in [0.2, 0.25) is 0 Å². The van der Waals surface area contributed by atoms with Gasteiger partial charge in [-0.2, -0.15) is 4.99 Å². The van der Waals surface area contributed by atoms with Crippen molar-refractivity contribution in [1.29, 1.82) is 0 Å². The van der Waals surface area contributed by atoms with Crippen LogP contribution in [-0.4, -0.2) is 67.5 Å². The fourth-order valence-electron chi connectivity index (χ4n) is 4.33. The van der Waals surface area contributed by atoms with Crippen molar-refractivity contribution in [3.63, 3.8) is 0 Å². The second-order valence-electron chi connectivity index (χ2n) is 8.23. The van der Waals surface area contributed by atoms with E-state index in [4.69, 9.17) is 4.74 Å². The van der Waals surface area contributed by atoms with Crippen molar-refractivity contribution >= 4 is 34.7 Å². The van der Waals surface area contributed by atoms with Crippen molar-refractivity contribution < 1.29 is 34.4 Å². The Morgan fingerprint density at radius 1 is 0.778 bits per heavy atom. The van der Waals surface area contributed by atoms with Crippen molar-refractivity contribution in [1.82, 2.24) is 0 Å². The van der Waals surface area contributed by atoms with Gasteiger partial charge in [0.05, 0.1) is 5.16 Å². The number of rotatable bonds is 8. The number of benzene rings is 3. The quantitative estimate of drug-likeness (QED) is 0.242. The molecule has 0 amide bonds. The summed E-state index contributed by atoms with van der Waals surface area (Å²) in [5.41, 5.74) is -6.33. The molecule has 1 saturated heterocycles. The maximum atomic E-state index is 13.8. The number of carbonyl (C=O) groups is 3. The van der Waals surface area contributed by atoms with Gasteiger partial charge in [-0.05, 0) is 12.2 Å². The molecule has 1 unspecified atom stereocenters. The average molecular weight is 504 g/mol. The number of nitrogens with zero attached hydrogens (tertiary/aromatic N) is 1. The van der Waals surface area contributed by atoms with Gasteiger partial charge in [0.25, 0.3) is 0 Å². The van der Waals surface area contributed by atoms with E-state index in [2.05, 4.69) is 17.2 Å². The second kappa shape index (κ2) is 10.1. The van der Waals surface area contributed by atoms with E-state index < -0.39 is 47.0 Å². The molecule has 0 aliphatic carbocycles. The van der Waals surface area contributed by atoms with Crippen LogP contribution in [0.5, 0.6) is 0 Å². The van der Waals surface area contributed by atoms with Gasteiger partial charge in [-0.15, -0.1) is 0 Å². The van der Waals surface area contributed by atoms with E-state index in [1.165, 1.54) is 60.7 Å². The molecule has 0 radical (unpaired) electrons. The van der Waals surface area contributed by atoms with E-state index in [-0.39, 0.29) is 16.7 Å². The lowest BCUT2D eigenvalue weighted by Crippen LogP contribution is -2.69. The topological polar surface area (TPSA) is 133 Å². The van der Waals surface area contributed by atoms with Crippen molar-refractivity contribution in [2.45, 2.75) is 29.6 Å². The highest BCUT2D eigenvalue weighted by atomic mass is 32.1. The van der Waals surface area contributed by atoms with Crippen LogP contribution in [0.15, 0.2) is 96.0 Å². The van der Waals surface area contributed by atoms with Crippen LogP contribution in [0.1, 0.15) is 31.1 Å². The Morgan fingerprint density at radius 2 is 1.19 bits per heavy atom. The first-order chi connectivity index (χ1) is 17.3. The zero-order chi connectivity index (χ0) is 25.9. The molecule has 3 N–H and O–H groups in total. The minimum absolute atomic E-state index is 0.0582. The molecule has 9 heteroatoms. The summed E-state index contributed by atoms with van der Waals surface area (Å²) in [5, 5.41) is 37.0. The highest BCUT2D eigenvalue weighted by Crippen LogP contribution is 2.46. The van der Waals surface area contributed by atoms with Crippen molar-refractivity contribution in [3.8, 4) is 0 Å². The van der Waals surface area contributed by atoms with Crippen LogP contribution >= 0.6 is 12.2 Å². The summed E-state index contributed by atoms with van der Waals surface area (Å²) in [5.74, 6) is -3.17. The molecule has 3 aromatic carbocycles. The number of thiocarbonyl (C=S) groups is 1. The van der Waals surface area contributed by atoms with Crippen LogP contribution in [0.3, 0.4) is 0 Å². The van der Waals surface area contributed by atoms with E-state index in [0.29, 0.717) is 0 Å². The lowest BCUT2D eigenvalue weighted by molar-refractivity contribution is -0.105. The van der Waals surface area contributed by atoms with Gasteiger partial charge >= 0.3 is 0 Å². The zero-order valence-corrected chi connectivity index (χ0v) is 19.5. The van der Waals surface area contributed by atoms with Gasteiger partial charge in [-0.3, -0.25) is 14.4 Å². The summed E-state index contributed by atoms with van der Waals surface area (Å²) in [6, 6.07) is 22.4. The molecule has 1 aliphatic rings. The molecule has 1 aliphatic heterocycles. The summed E-state index contributed by atoms with van der Waals surface area (Å²) < 4.78 is 5.61. The normalized spacial score (nSPS) is 26.0. The molecule has 8 nitrogen and oxygen atoms in total. The summed E-state index contributed by atoms with van der Waals surface area (Å²) in [6.07, 6.45) is -6.21. The number of aliphatic imine (C=N–C) groups is 1. The highest BCUT2D eigenvalue weighted by Gasteiger charge is 2.75. The molecule has 182 valence electrons. The largest absolute Gasteiger partial charge is 0.382 e. The first-order valence-electron chi connectivity index (χ1n) is 10.9. The van der Waals surface area contributed by atoms with Gasteiger partial charge < -0.3 is 20.1 Å². The number of aliphatic hydroxyl groups is 3. The molecule has 0 bridgehead atoms. The first-order valence-corrected chi connectivity index (χ1v) is 11.3. The lowest BCUT2D eigenvalue weighted by atomic mass is 9.69. The van der Waals surface area contributed by atoms with Gasteiger partial charge in [0.2, 0.25) is 17.2 Å². The number of ether oxygens (including phenoxy) is 1. The van der Waals surface area contributed by atoms with Crippen LogP contribution in [-0.2, 0) is 4.74 Å². The lowest BCUT2D eigenvalue weighted by Gasteiger charge is -2.38. The molecule has 0 spiro atoms.